The Morgan fingerprint density at radius 2 is 1.86 bits per heavy atom. The number of amides is 1. The van der Waals surface area contributed by atoms with E-state index in [0.717, 1.165) is 24.8 Å². The Hall–Kier alpha value is -3.85. The van der Waals surface area contributed by atoms with Crippen molar-refractivity contribution >= 4 is 17.4 Å². The summed E-state index contributed by atoms with van der Waals surface area (Å²) in [6.07, 6.45) is 2.89. The van der Waals surface area contributed by atoms with Gasteiger partial charge in [0, 0.05) is 20.7 Å². The first-order valence-corrected chi connectivity index (χ1v) is 12.1. The second kappa shape index (κ2) is 11.3. The Kier molecular flexibility index (Phi) is 7.90. The molecule has 0 aliphatic heterocycles. The molecule has 1 aliphatic rings. The average molecular weight is 492 g/mol. The number of ether oxygens (including phenoxy) is 1. The van der Waals surface area contributed by atoms with Crippen LogP contribution in [0.2, 0.25) is 0 Å². The number of nitrogens with two attached hydrogens (primary N) is 1. The summed E-state index contributed by atoms with van der Waals surface area (Å²) in [5, 5.41) is 0. The van der Waals surface area contributed by atoms with Gasteiger partial charge in [-0.05, 0) is 36.0 Å². The zero-order chi connectivity index (χ0) is 25.7. The molecule has 1 atom stereocenters. The van der Waals surface area contributed by atoms with E-state index >= 15 is 0 Å². The Labute approximate surface area is 210 Å². The number of hydrogen-bond acceptors (Lipinski definition) is 6. The Morgan fingerprint density at radius 1 is 1.14 bits per heavy atom. The Bertz CT molecular complexity index is 1320. The molecule has 1 aliphatic carbocycles. The number of likely N-dealkylation sites (N-methyl/N-ethyl adjacent to an activating group) is 1. The van der Waals surface area contributed by atoms with E-state index in [4.69, 9.17) is 10.5 Å². The molecule has 1 unspecified atom stereocenters. The molecule has 3 N–H and O–H groups in total. The van der Waals surface area contributed by atoms with Crippen LogP contribution in [0.3, 0.4) is 0 Å². The van der Waals surface area contributed by atoms with Crippen molar-refractivity contribution in [1.82, 2.24) is 14.5 Å². The Balaban J connectivity index is 1.68. The zero-order valence-electron chi connectivity index (χ0n) is 20.8. The third kappa shape index (κ3) is 5.36. The molecule has 0 saturated heterocycles. The number of nitrogen functional groups attached to an aromatic ring is 1. The second-order valence-electron chi connectivity index (χ2n) is 9.09. The number of H-pyrrole nitrogens is 1. The summed E-state index contributed by atoms with van der Waals surface area (Å²) in [5.41, 5.74) is 8.56. The van der Waals surface area contributed by atoms with E-state index in [0.29, 0.717) is 0 Å². The van der Waals surface area contributed by atoms with Crippen LogP contribution >= 0.6 is 0 Å². The summed E-state index contributed by atoms with van der Waals surface area (Å²) in [7, 11) is 3.33. The van der Waals surface area contributed by atoms with E-state index in [-0.39, 0.29) is 49.7 Å². The Morgan fingerprint density at radius 3 is 2.61 bits per heavy atom. The first kappa shape index (κ1) is 25.2. The van der Waals surface area contributed by atoms with Crippen molar-refractivity contribution in [3.63, 3.8) is 0 Å². The summed E-state index contributed by atoms with van der Waals surface area (Å²) in [6.45, 7) is 0.630. The fourth-order valence-corrected chi connectivity index (χ4v) is 4.88. The molecule has 9 heteroatoms. The molecule has 3 aromatic rings. The number of hydrogen-bond donors (Lipinski definition) is 2. The lowest BCUT2D eigenvalue weighted by Crippen LogP contribution is -2.44. The highest BCUT2D eigenvalue weighted by atomic mass is 16.5. The molecule has 0 spiro atoms. The number of aromatic nitrogens is 2. The predicted molar refractivity (Wildman–Crippen MR) is 140 cm³/mol. The molecule has 0 radical (unpaired) electrons. The lowest BCUT2D eigenvalue weighted by molar-refractivity contribution is -0.130. The number of anilines is 2. The normalized spacial score (nSPS) is 14.8. The van der Waals surface area contributed by atoms with Crippen LogP contribution in [0.1, 0.15) is 35.6 Å². The van der Waals surface area contributed by atoms with Crippen molar-refractivity contribution in [1.29, 1.82) is 0 Å². The molecular weight excluding hydrogens is 458 g/mol. The number of rotatable bonds is 9. The topological polar surface area (TPSA) is 114 Å². The number of methoxy groups -OCH3 is 1. The number of fused-ring (bicyclic) bond motifs is 1. The van der Waals surface area contributed by atoms with Gasteiger partial charge in [0.1, 0.15) is 11.5 Å². The highest BCUT2D eigenvalue weighted by Gasteiger charge is 2.29. The molecule has 0 saturated carbocycles. The van der Waals surface area contributed by atoms with Gasteiger partial charge in [-0.15, -0.1) is 0 Å². The molecule has 4 rings (SSSR count). The van der Waals surface area contributed by atoms with Gasteiger partial charge in [0.25, 0.3) is 5.56 Å². The molecule has 36 heavy (non-hydrogen) atoms. The van der Waals surface area contributed by atoms with Gasteiger partial charge in [-0.1, -0.05) is 54.6 Å². The highest BCUT2D eigenvalue weighted by molar-refractivity contribution is 5.83. The molecular formula is C27H33N5O4. The van der Waals surface area contributed by atoms with E-state index in [1.54, 1.807) is 9.80 Å². The van der Waals surface area contributed by atoms with Crippen LogP contribution < -0.4 is 21.9 Å². The zero-order valence-corrected chi connectivity index (χ0v) is 20.8. The van der Waals surface area contributed by atoms with Crippen molar-refractivity contribution in [2.45, 2.75) is 38.4 Å². The van der Waals surface area contributed by atoms with Gasteiger partial charge < -0.3 is 20.3 Å². The number of carbonyl (C=O) groups excluding carboxylic acids is 1. The standard InChI is InChI=1S/C27H33N5O4/c1-30(22-14-8-12-20-11-6-7-13-21(20)22)23(33)18-31(17-19-9-4-3-5-10-19)24-25(28)32(15-16-36-2)27(35)29-26(24)34/h3-7,9-11,13,22H,8,12,14-18,28H2,1-2H3,(H,29,34,35). The van der Waals surface area contributed by atoms with Crippen LogP contribution in [0.15, 0.2) is 64.2 Å². The van der Waals surface area contributed by atoms with Gasteiger partial charge in [-0.3, -0.25) is 19.1 Å². The smallest absolute Gasteiger partial charge is 0.330 e. The molecule has 0 bridgehead atoms. The number of nitrogens with zero attached hydrogens (tertiary/aromatic N) is 3. The largest absolute Gasteiger partial charge is 0.383 e. The van der Waals surface area contributed by atoms with Crippen LogP contribution in [0.5, 0.6) is 0 Å². The number of carbonyl (C=O) groups is 1. The summed E-state index contributed by atoms with van der Waals surface area (Å²) < 4.78 is 6.36. The van der Waals surface area contributed by atoms with E-state index in [1.807, 2.05) is 49.5 Å². The maximum absolute atomic E-state index is 13.6. The van der Waals surface area contributed by atoms with Gasteiger partial charge in [0.05, 0.1) is 25.7 Å². The van der Waals surface area contributed by atoms with Crippen LogP contribution in [0, 0.1) is 0 Å². The van der Waals surface area contributed by atoms with Crippen LogP contribution in [-0.2, 0) is 29.0 Å². The SMILES string of the molecule is COCCn1c(N)c(N(CC(=O)N(C)C2CCCc3ccccc32)Cc2ccccc2)c(=O)[nH]c1=O. The van der Waals surface area contributed by atoms with Crippen LogP contribution in [0.25, 0.3) is 0 Å². The molecule has 190 valence electrons. The number of nitrogens with one attached hydrogen (secondary N) is 1. The molecule has 1 aromatic heterocycles. The second-order valence-corrected chi connectivity index (χ2v) is 9.09. The third-order valence-electron chi connectivity index (χ3n) is 6.79. The summed E-state index contributed by atoms with van der Waals surface area (Å²) in [4.78, 5) is 44.8. The quantitative estimate of drug-likeness (QED) is 0.475. The lowest BCUT2D eigenvalue weighted by atomic mass is 9.87. The highest BCUT2D eigenvalue weighted by Crippen LogP contribution is 2.33. The van der Waals surface area contributed by atoms with Crippen molar-refractivity contribution in [2.24, 2.45) is 0 Å². The molecule has 1 heterocycles. The third-order valence-corrected chi connectivity index (χ3v) is 6.79. The van der Waals surface area contributed by atoms with Gasteiger partial charge in [0.2, 0.25) is 5.91 Å². The number of benzene rings is 2. The minimum Gasteiger partial charge on any atom is -0.383 e. The average Bonchev–Trinajstić information content (AvgIpc) is 2.88. The van der Waals surface area contributed by atoms with Crippen LogP contribution in [0.4, 0.5) is 11.5 Å². The summed E-state index contributed by atoms with van der Waals surface area (Å²) in [6, 6.07) is 17.7. The molecule has 1 amide bonds. The fraction of sp³-hybridized carbons (Fsp3) is 0.370. The molecule has 0 fully saturated rings. The van der Waals surface area contributed by atoms with Crippen molar-refractivity contribution in [3.8, 4) is 0 Å². The molecule has 9 nitrogen and oxygen atoms in total. The number of aromatic amines is 1. The fourth-order valence-electron chi connectivity index (χ4n) is 4.88. The van der Waals surface area contributed by atoms with Crippen LogP contribution in [-0.4, -0.2) is 47.7 Å². The monoisotopic (exact) mass is 491 g/mol. The number of aryl methyl sites for hydroxylation is 1. The van der Waals surface area contributed by atoms with E-state index in [2.05, 4.69) is 17.1 Å². The van der Waals surface area contributed by atoms with Gasteiger partial charge in [-0.25, -0.2) is 4.79 Å². The van der Waals surface area contributed by atoms with Crippen molar-refractivity contribution < 1.29 is 9.53 Å². The first-order valence-electron chi connectivity index (χ1n) is 12.1. The maximum Gasteiger partial charge on any atom is 0.330 e. The van der Waals surface area contributed by atoms with Crippen molar-refractivity contribution in [3.05, 3.63) is 92.1 Å². The van der Waals surface area contributed by atoms with Gasteiger partial charge in [0.15, 0.2) is 0 Å². The van der Waals surface area contributed by atoms with Gasteiger partial charge in [-0.2, -0.15) is 0 Å². The summed E-state index contributed by atoms with van der Waals surface area (Å²) >= 11 is 0. The summed E-state index contributed by atoms with van der Waals surface area (Å²) in [5.74, 6) is -0.128. The molecule has 2 aromatic carbocycles. The minimum absolute atomic E-state index is 0.00944. The van der Waals surface area contributed by atoms with Gasteiger partial charge >= 0.3 is 5.69 Å². The lowest BCUT2D eigenvalue weighted by Gasteiger charge is -2.35. The predicted octanol–water partition coefficient (Wildman–Crippen LogP) is 2.31. The first-order chi connectivity index (χ1) is 17.4. The van der Waals surface area contributed by atoms with E-state index < -0.39 is 11.2 Å². The van der Waals surface area contributed by atoms with E-state index in [1.165, 1.54) is 22.8 Å². The van der Waals surface area contributed by atoms with Crippen molar-refractivity contribution in [2.75, 3.05) is 37.9 Å². The maximum atomic E-state index is 13.6. The minimum atomic E-state index is -0.624. The van der Waals surface area contributed by atoms with E-state index in [9.17, 15) is 14.4 Å².